The number of nitro benzene ring substituents is 1. The van der Waals surface area contributed by atoms with Crippen LogP contribution in [0.15, 0.2) is 52.3 Å². The van der Waals surface area contributed by atoms with Crippen LogP contribution in [-0.4, -0.2) is 12.0 Å². The van der Waals surface area contributed by atoms with Crippen LogP contribution >= 0.6 is 11.8 Å². The van der Waals surface area contributed by atoms with Crippen molar-refractivity contribution in [3.63, 3.8) is 0 Å². The zero-order chi connectivity index (χ0) is 15.2. The molecule has 0 saturated carbocycles. The van der Waals surface area contributed by atoms with Crippen LogP contribution in [0.25, 0.3) is 0 Å². The maximum absolute atomic E-state index is 12.7. The first-order valence-corrected chi connectivity index (χ1v) is 7.21. The van der Waals surface area contributed by atoms with E-state index >= 15 is 0 Å². The molecule has 0 heterocycles. The third-order valence-corrected chi connectivity index (χ3v) is 4.12. The minimum absolute atomic E-state index is 0.0607. The smallest absolute Gasteiger partial charge is 0.283 e. The fourth-order valence-corrected chi connectivity index (χ4v) is 2.96. The molecule has 2 rings (SSSR count). The lowest BCUT2D eigenvalue weighted by molar-refractivity contribution is -0.387. The molecule has 0 spiro atoms. The summed E-state index contributed by atoms with van der Waals surface area (Å²) in [5.41, 5.74) is 1.32. The highest BCUT2D eigenvalue weighted by molar-refractivity contribution is 7.99. The summed E-state index contributed by atoms with van der Waals surface area (Å²) in [6.07, 6.45) is 0. The Hall–Kier alpha value is -1.92. The van der Waals surface area contributed by atoms with Crippen molar-refractivity contribution in [1.29, 1.82) is 0 Å². The van der Waals surface area contributed by atoms with Crippen molar-refractivity contribution in [2.45, 2.75) is 23.0 Å². The Morgan fingerprint density at radius 2 is 2.00 bits per heavy atom. The van der Waals surface area contributed by atoms with E-state index in [1.54, 1.807) is 12.1 Å². The van der Waals surface area contributed by atoms with Crippen molar-refractivity contribution in [1.82, 2.24) is 5.32 Å². The Labute approximate surface area is 126 Å². The molecule has 0 unspecified atom stereocenters. The summed E-state index contributed by atoms with van der Waals surface area (Å²) in [5, 5.41) is 14.2. The number of hydrogen-bond donors (Lipinski definition) is 1. The topological polar surface area (TPSA) is 55.2 Å². The van der Waals surface area contributed by atoms with Gasteiger partial charge in [-0.05, 0) is 30.3 Å². The molecule has 4 nitrogen and oxygen atoms in total. The van der Waals surface area contributed by atoms with Gasteiger partial charge in [0, 0.05) is 17.5 Å². The number of benzene rings is 2. The van der Waals surface area contributed by atoms with E-state index in [1.807, 2.05) is 31.3 Å². The van der Waals surface area contributed by atoms with Crippen LogP contribution in [0.2, 0.25) is 0 Å². The largest absolute Gasteiger partial charge is 0.316 e. The maximum Gasteiger partial charge on any atom is 0.283 e. The van der Waals surface area contributed by atoms with Crippen LogP contribution in [0, 0.1) is 10.1 Å². The van der Waals surface area contributed by atoms with E-state index in [4.69, 9.17) is 0 Å². The van der Waals surface area contributed by atoms with Crippen molar-refractivity contribution in [3.8, 4) is 0 Å². The van der Waals surface area contributed by atoms with Gasteiger partial charge in [0.2, 0.25) is 0 Å². The molecule has 110 valence electrons. The van der Waals surface area contributed by atoms with Crippen LogP contribution in [0.5, 0.6) is 0 Å². The first kappa shape index (κ1) is 15.5. The highest BCUT2D eigenvalue weighted by Gasteiger charge is 2.16. The predicted octanol–water partition coefficient (Wildman–Crippen LogP) is 3.93. The second kappa shape index (κ2) is 7.19. The van der Waals surface area contributed by atoms with E-state index in [0.29, 0.717) is 17.0 Å². The molecule has 0 radical (unpaired) electrons. The Balaban J connectivity index is 2.37. The number of nitrogens with one attached hydrogen (secondary N) is 1. The second-order valence-electron chi connectivity index (χ2n) is 4.43. The zero-order valence-electron chi connectivity index (χ0n) is 11.5. The Kier molecular flexibility index (Phi) is 5.30. The fraction of sp³-hybridized carbons (Fsp3) is 0.200. The van der Waals surface area contributed by atoms with E-state index < -0.39 is 11.6 Å². The highest BCUT2D eigenvalue weighted by atomic mass is 32.2. The van der Waals surface area contributed by atoms with Gasteiger partial charge in [-0.1, -0.05) is 36.0 Å². The van der Waals surface area contributed by atoms with Gasteiger partial charge in [-0.15, -0.1) is 0 Å². The van der Waals surface area contributed by atoms with Crippen LogP contribution in [0.3, 0.4) is 0 Å². The number of rotatable bonds is 6. The summed E-state index contributed by atoms with van der Waals surface area (Å²) >= 11 is 1.32. The minimum Gasteiger partial charge on any atom is -0.316 e. The number of nitrogens with zero attached hydrogens (tertiary/aromatic N) is 1. The number of nitro groups is 1. The standard InChI is InChI=1S/C15H15FN2O2S/c1-17-10-12-4-2-3-5-14(12)21-15-7-6-11(9-16)8-13(15)18(19)20/h2-8,17H,9-10H2,1H3. The first-order chi connectivity index (χ1) is 10.2. The summed E-state index contributed by atoms with van der Waals surface area (Å²) in [6.45, 7) is -0.0261. The van der Waals surface area contributed by atoms with E-state index in [1.165, 1.54) is 17.8 Å². The molecule has 2 aromatic rings. The van der Waals surface area contributed by atoms with Gasteiger partial charge in [0.25, 0.3) is 5.69 Å². The zero-order valence-corrected chi connectivity index (χ0v) is 12.3. The molecule has 6 heteroatoms. The molecular weight excluding hydrogens is 291 g/mol. The van der Waals surface area contributed by atoms with Crippen molar-refractivity contribution in [2.24, 2.45) is 0 Å². The van der Waals surface area contributed by atoms with Crippen molar-refractivity contribution in [3.05, 3.63) is 63.7 Å². The molecule has 21 heavy (non-hydrogen) atoms. The van der Waals surface area contributed by atoms with Gasteiger partial charge in [0.1, 0.15) is 6.67 Å². The minimum atomic E-state index is -0.706. The van der Waals surface area contributed by atoms with Gasteiger partial charge in [0.15, 0.2) is 0 Å². The van der Waals surface area contributed by atoms with Crippen LogP contribution in [-0.2, 0) is 13.2 Å². The molecule has 0 aliphatic carbocycles. The van der Waals surface area contributed by atoms with Crippen molar-refractivity contribution in [2.75, 3.05) is 7.05 Å². The van der Waals surface area contributed by atoms with E-state index in [0.717, 1.165) is 10.5 Å². The van der Waals surface area contributed by atoms with Gasteiger partial charge in [-0.2, -0.15) is 0 Å². The fourth-order valence-electron chi connectivity index (χ4n) is 1.93. The predicted molar refractivity (Wildman–Crippen MR) is 81.2 cm³/mol. The Morgan fingerprint density at radius 1 is 1.24 bits per heavy atom. The van der Waals surface area contributed by atoms with Gasteiger partial charge < -0.3 is 5.32 Å². The normalized spacial score (nSPS) is 10.6. The quantitative estimate of drug-likeness (QED) is 0.649. The van der Waals surface area contributed by atoms with E-state index in [2.05, 4.69) is 5.32 Å². The second-order valence-corrected chi connectivity index (χ2v) is 5.52. The highest BCUT2D eigenvalue weighted by Crippen LogP contribution is 2.37. The van der Waals surface area contributed by atoms with Crippen LogP contribution in [0.1, 0.15) is 11.1 Å². The summed E-state index contributed by atoms with van der Waals surface area (Å²) in [6, 6.07) is 12.2. The molecule has 1 N–H and O–H groups in total. The number of alkyl halides is 1. The molecule has 0 bridgehead atoms. The maximum atomic E-state index is 12.7. The molecular formula is C15H15FN2O2S. The van der Waals surface area contributed by atoms with Crippen LogP contribution < -0.4 is 5.32 Å². The SMILES string of the molecule is CNCc1ccccc1Sc1ccc(CF)cc1[N+](=O)[O-]. The lowest BCUT2D eigenvalue weighted by Gasteiger charge is -2.09. The molecule has 0 saturated heterocycles. The summed E-state index contributed by atoms with van der Waals surface area (Å²) < 4.78 is 12.7. The summed E-state index contributed by atoms with van der Waals surface area (Å²) in [5.74, 6) is 0. The van der Waals surface area contributed by atoms with Gasteiger partial charge in [-0.3, -0.25) is 10.1 Å². The average molecular weight is 306 g/mol. The van der Waals surface area contributed by atoms with Crippen molar-refractivity contribution >= 4 is 17.4 Å². The molecule has 0 aliphatic rings. The third kappa shape index (κ3) is 3.80. The third-order valence-electron chi connectivity index (χ3n) is 2.93. The first-order valence-electron chi connectivity index (χ1n) is 6.39. The molecule has 0 atom stereocenters. The number of hydrogen-bond acceptors (Lipinski definition) is 4. The van der Waals surface area contributed by atoms with Crippen molar-refractivity contribution < 1.29 is 9.31 Å². The Morgan fingerprint density at radius 3 is 2.67 bits per heavy atom. The lowest BCUT2D eigenvalue weighted by Crippen LogP contribution is -2.05. The molecule has 0 fully saturated rings. The van der Waals surface area contributed by atoms with Gasteiger partial charge in [-0.25, -0.2) is 4.39 Å². The lowest BCUT2D eigenvalue weighted by atomic mass is 10.2. The number of halogens is 1. The molecule has 0 aliphatic heterocycles. The molecule has 0 aromatic heterocycles. The average Bonchev–Trinajstić information content (AvgIpc) is 2.49. The summed E-state index contributed by atoms with van der Waals surface area (Å²) in [7, 11) is 1.85. The van der Waals surface area contributed by atoms with E-state index in [-0.39, 0.29) is 5.69 Å². The monoisotopic (exact) mass is 306 g/mol. The van der Waals surface area contributed by atoms with Crippen LogP contribution in [0.4, 0.5) is 10.1 Å². The Bertz CT molecular complexity index is 649. The molecule has 2 aromatic carbocycles. The van der Waals surface area contributed by atoms with Gasteiger partial charge >= 0.3 is 0 Å². The van der Waals surface area contributed by atoms with E-state index in [9.17, 15) is 14.5 Å². The molecule has 0 amide bonds. The van der Waals surface area contributed by atoms with Gasteiger partial charge in [0.05, 0.1) is 9.82 Å². The summed E-state index contributed by atoms with van der Waals surface area (Å²) in [4.78, 5) is 12.1.